The molecule has 15 heteroatoms. The molecule has 2 aromatic carbocycles. The van der Waals surface area contributed by atoms with Crippen LogP contribution in [0, 0.1) is 34.9 Å². The molecule has 0 bridgehead atoms. The maximum absolute atomic E-state index is 14.4. The molecule has 0 spiro atoms. The average Bonchev–Trinajstić information content (AvgIpc) is 3.02. The van der Waals surface area contributed by atoms with Gasteiger partial charge in [0.05, 0.1) is 11.6 Å². The van der Waals surface area contributed by atoms with E-state index in [0.29, 0.717) is 9.80 Å². The quantitative estimate of drug-likeness (QED) is 0.150. The van der Waals surface area contributed by atoms with Crippen molar-refractivity contribution in [3.05, 3.63) is 59.2 Å². The molecule has 0 aliphatic carbocycles. The van der Waals surface area contributed by atoms with Gasteiger partial charge in [0.25, 0.3) is 5.91 Å². The predicted molar refractivity (Wildman–Crippen MR) is 119 cm³/mol. The van der Waals surface area contributed by atoms with Crippen molar-refractivity contribution in [3.8, 4) is 0 Å². The van der Waals surface area contributed by atoms with Crippen LogP contribution in [0.3, 0.4) is 0 Å². The Kier molecular flexibility index (Phi) is 7.53. The maximum Gasteiger partial charge on any atom is 0.337 e. The Hall–Kier alpha value is -2.32. The molecule has 1 aliphatic rings. The largest absolute Gasteiger partial charge is 0.357 e. The minimum absolute atomic E-state index is 0.375. The van der Waals surface area contributed by atoms with E-state index in [4.69, 9.17) is 11.6 Å². The first-order chi connectivity index (χ1) is 15.8. The summed E-state index contributed by atoms with van der Waals surface area (Å²) in [5, 5.41) is 2.01. The number of aliphatic imine (C=N–C) groups is 1. The predicted octanol–water partition coefficient (Wildman–Crippen LogP) is 5.48. The van der Waals surface area contributed by atoms with Gasteiger partial charge < -0.3 is 5.32 Å². The van der Waals surface area contributed by atoms with Gasteiger partial charge in [0, 0.05) is 7.05 Å². The van der Waals surface area contributed by atoms with Crippen molar-refractivity contribution in [1.29, 1.82) is 0 Å². The highest BCUT2D eigenvalue weighted by atomic mass is 79.9. The number of nitrogens with one attached hydrogen (secondary N) is 1. The van der Waals surface area contributed by atoms with E-state index in [2.05, 4.69) is 36.9 Å². The number of amides is 3. The van der Waals surface area contributed by atoms with E-state index in [1.165, 1.54) is 18.2 Å². The van der Waals surface area contributed by atoms with Gasteiger partial charge in [-0.3, -0.25) is 9.69 Å². The standard InChI is InChI=1S/C19H11Br2ClF6N4O2/c1-31-16(33)15(32(18(31)34)8-5-3-2-4-7(8)23)30-17(19(20,21)6-22)29-14-12(27)10(25)9(24)11(26)13(14)28/h2-5,17,29H,6H2,1H3. The third-order valence-corrected chi connectivity index (χ3v) is 7.10. The molecule has 1 saturated heterocycles. The molecular formula is C19H11Br2ClF6N4O2. The number of rotatable bonds is 6. The number of benzene rings is 2. The van der Waals surface area contributed by atoms with Crippen LogP contribution < -0.4 is 10.2 Å². The number of anilines is 2. The molecule has 182 valence electrons. The van der Waals surface area contributed by atoms with Crippen LogP contribution in [-0.2, 0) is 4.79 Å². The van der Waals surface area contributed by atoms with Crippen molar-refractivity contribution >= 4 is 72.6 Å². The fourth-order valence-corrected chi connectivity index (χ4v) is 3.41. The lowest BCUT2D eigenvalue weighted by Gasteiger charge is -2.29. The minimum Gasteiger partial charge on any atom is -0.357 e. The number of hydrogen-bond acceptors (Lipinski definition) is 4. The summed E-state index contributed by atoms with van der Waals surface area (Å²) in [6.07, 6.45) is -1.77. The molecule has 1 heterocycles. The lowest BCUT2D eigenvalue weighted by Crippen LogP contribution is -2.41. The second kappa shape index (κ2) is 9.74. The molecule has 6 nitrogen and oxygen atoms in total. The second-order valence-electron chi connectivity index (χ2n) is 6.77. The summed E-state index contributed by atoms with van der Waals surface area (Å²) in [6.45, 7) is 0. The first-order valence-corrected chi connectivity index (χ1v) is 11.1. The van der Waals surface area contributed by atoms with Gasteiger partial charge in [0.15, 0.2) is 23.3 Å². The smallest absolute Gasteiger partial charge is 0.337 e. The highest BCUT2D eigenvalue weighted by molar-refractivity contribution is 9.25. The normalized spacial score (nSPS) is 16.6. The Balaban J connectivity index is 2.19. The maximum atomic E-state index is 14.4. The molecule has 3 rings (SSSR count). The number of amidine groups is 1. The SMILES string of the molecule is CN1C(=O)C(=NC(Nc2c(F)c(F)c(F)c(F)c2F)C(Br)(Br)CCl)N(c2ccccc2F)C1=O. The van der Waals surface area contributed by atoms with Crippen LogP contribution in [0.5, 0.6) is 0 Å². The summed E-state index contributed by atoms with van der Waals surface area (Å²) in [5.41, 5.74) is -1.85. The van der Waals surface area contributed by atoms with Gasteiger partial charge in [0.1, 0.15) is 20.9 Å². The summed E-state index contributed by atoms with van der Waals surface area (Å²) < 4.78 is 82.1. The van der Waals surface area contributed by atoms with E-state index < -0.39 is 73.6 Å². The highest BCUT2D eigenvalue weighted by Crippen LogP contribution is 2.37. The van der Waals surface area contributed by atoms with Gasteiger partial charge in [-0.2, -0.15) is 0 Å². The number of para-hydroxylation sites is 1. The molecule has 0 saturated carbocycles. The fourth-order valence-electron chi connectivity index (χ4n) is 2.83. The van der Waals surface area contributed by atoms with E-state index in [9.17, 15) is 35.9 Å². The Bertz CT molecular complexity index is 1190. The number of imide groups is 1. The third kappa shape index (κ3) is 4.50. The first-order valence-electron chi connectivity index (χ1n) is 8.99. The molecule has 1 unspecified atom stereocenters. The Morgan fingerprint density at radius 3 is 2.06 bits per heavy atom. The van der Waals surface area contributed by atoms with Crippen molar-refractivity contribution in [1.82, 2.24) is 4.90 Å². The van der Waals surface area contributed by atoms with Crippen LogP contribution >= 0.6 is 43.5 Å². The zero-order valence-electron chi connectivity index (χ0n) is 16.7. The van der Waals surface area contributed by atoms with Crippen LogP contribution in [0.4, 0.5) is 42.5 Å². The van der Waals surface area contributed by atoms with Gasteiger partial charge in [0.2, 0.25) is 11.7 Å². The van der Waals surface area contributed by atoms with E-state index in [-0.39, 0.29) is 5.69 Å². The number of carbonyl (C=O) groups excluding carboxylic acids is 2. The second-order valence-corrected chi connectivity index (χ2v) is 10.9. The Morgan fingerprint density at radius 2 is 1.53 bits per heavy atom. The first kappa shape index (κ1) is 26.3. The van der Waals surface area contributed by atoms with Crippen LogP contribution in [0.1, 0.15) is 0 Å². The average molecular weight is 637 g/mol. The zero-order chi connectivity index (χ0) is 25.5. The van der Waals surface area contributed by atoms with Gasteiger partial charge in [-0.15, -0.1) is 11.6 Å². The summed E-state index contributed by atoms with van der Waals surface area (Å²) in [7, 11) is 1.07. The zero-order valence-corrected chi connectivity index (χ0v) is 20.6. The number of carbonyl (C=O) groups is 2. The molecule has 2 aromatic rings. The van der Waals surface area contributed by atoms with Gasteiger partial charge in [-0.25, -0.2) is 41.0 Å². The molecule has 3 amide bonds. The fraction of sp³-hybridized carbons (Fsp3) is 0.211. The minimum atomic E-state index is -2.38. The molecule has 0 aromatic heterocycles. The number of alkyl halides is 3. The summed E-state index contributed by atoms with van der Waals surface area (Å²) in [6, 6.07) is 3.86. The van der Waals surface area contributed by atoms with Crippen molar-refractivity contribution in [3.63, 3.8) is 0 Å². The number of nitrogens with zero attached hydrogens (tertiary/aromatic N) is 3. The van der Waals surface area contributed by atoms with Crippen LogP contribution in [0.15, 0.2) is 29.3 Å². The molecule has 1 atom stereocenters. The monoisotopic (exact) mass is 634 g/mol. The lowest BCUT2D eigenvalue weighted by molar-refractivity contribution is -0.119. The summed E-state index contributed by atoms with van der Waals surface area (Å²) >= 11 is 12.0. The summed E-state index contributed by atoms with van der Waals surface area (Å²) in [5.74, 6) is -14.3. The topological polar surface area (TPSA) is 65.0 Å². The van der Waals surface area contributed by atoms with E-state index in [1.54, 1.807) is 0 Å². The van der Waals surface area contributed by atoms with Crippen molar-refractivity contribution < 1.29 is 35.9 Å². The number of urea groups is 1. The van der Waals surface area contributed by atoms with Crippen LogP contribution in [0.2, 0.25) is 0 Å². The molecule has 1 aliphatic heterocycles. The van der Waals surface area contributed by atoms with Crippen molar-refractivity contribution in [2.75, 3.05) is 23.1 Å². The van der Waals surface area contributed by atoms with Gasteiger partial charge in [-0.1, -0.05) is 44.0 Å². The lowest BCUT2D eigenvalue weighted by atomic mass is 10.2. The molecular weight excluding hydrogens is 625 g/mol. The van der Waals surface area contributed by atoms with Crippen molar-refractivity contribution in [2.24, 2.45) is 4.99 Å². The molecule has 1 fully saturated rings. The molecule has 0 radical (unpaired) electrons. The van der Waals surface area contributed by atoms with Crippen LogP contribution in [0.25, 0.3) is 0 Å². The summed E-state index contributed by atoms with van der Waals surface area (Å²) in [4.78, 5) is 30.5. The van der Waals surface area contributed by atoms with E-state index in [0.717, 1.165) is 13.1 Å². The number of likely N-dealkylation sites (N-methyl/N-ethyl adjacent to an activating group) is 1. The third-order valence-electron chi connectivity index (χ3n) is 4.60. The molecule has 1 N–H and O–H groups in total. The number of halogens is 9. The Morgan fingerprint density at radius 1 is 1.00 bits per heavy atom. The molecule has 34 heavy (non-hydrogen) atoms. The van der Waals surface area contributed by atoms with Crippen molar-refractivity contribution in [2.45, 2.75) is 9.40 Å². The van der Waals surface area contributed by atoms with Gasteiger partial charge in [-0.05, 0) is 12.1 Å². The highest BCUT2D eigenvalue weighted by Gasteiger charge is 2.45. The van der Waals surface area contributed by atoms with Crippen LogP contribution in [-0.4, -0.2) is 45.0 Å². The number of hydrogen-bond donors (Lipinski definition) is 1. The van der Waals surface area contributed by atoms with Gasteiger partial charge >= 0.3 is 6.03 Å². The van der Waals surface area contributed by atoms with E-state index >= 15 is 0 Å². The Labute approximate surface area is 209 Å². The van der Waals surface area contributed by atoms with E-state index in [1.807, 2.05) is 5.32 Å².